The molecule has 1 unspecified atom stereocenters. The third kappa shape index (κ3) is 5.46. The Hall–Kier alpha value is -1.65. The van der Waals surface area contributed by atoms with Crippen LogP contribution in [0.25, 0.3) is 0 Å². The minimum Gasteiger partial charge on any atom is -0.744 e. The van der Waals surface area contributed by atoms with Crippen molar-refractivity contribution >= 4 is 10.1 Å². The first kappa shape index (κ1) is 18.7. The number of hydrogen-bond donors (Lipinski definition) is 0. The van der Waals surface area contributed by atoms with Gasteiger partial charge in [0.15, 0.2) is 0 Å². The fourth-order valence-electron chi connectivity index (χ4n) is 3.11. The van der Waals surface area contributed by atoms with E-state index in [4.69, 9.17) is 0 Å². The molecular formula is C20H25O3S-. The molecule has 0 saturated heterocycles. The molecule has 0 radical (unpaired) electrons. The van der Waals surface area contributed by atoms with Crippen LogP contribution in [0.5, 0.6) is 0 Å². The molecule has 2 aromatic carbocycles. The minimum absolute atomic E-state index is 0.0838. The Morgan fingerprint density at radius 1 is 0.917 bits per heavy atom. The Balaban J connectivity index is 2.23. The lowest BCUT2D eigenvalue weighted by molar-refractivity contribution is 0.461. The lowest BCUT2D eigenvalue weighted by atomic mass is 9.87. The summed E-state index contributed by atoms with van der Waals surface area (Å²) < 4.78 is 34.5. The minimum atomic E-state index is -4.44. The summed E-state index contributed by atoms with van der Waals surface area (Å²) in [6.07, 6.45) is 6.27. The molecule has 0 saturated carbocycles. The molecule has 0 aliphatic carbocycles. The maximum Gasteiger partial charge on any atom is 0.124 e. The number of unbranched alkanes of at least 4 members (excludes halogenated alkanes) is 3. The zero-order valence-electron chi connectivity index (χ0n) is 14.1. The highest BCUT2D eigenvalue weighted by atomic mass is 32.2. The molecule has 0 N–H and O–H groups in total. The van der Waals surface area contributed by atoms with Crippen molar-refractivity contribution in [2.24, 2.45) is 0 Å². The van der Waals surface area contributed by atoms with Crippen molar-refractivity contribution in [3.05, 3.63) is 65.7 Å². The van der Waals surface area contributed by atoms with Crippen LogP contribution < -0.4 is 0 Å². The molecule has 24 heavy (non-hydrogen) atoms. The van der Waals surface area contributed by atoms with Crippen molar-refractivity contribution in [2.75, 3.05) is 0 Å². The lowest BCUT2D eigenvalue weighted by Gasteiger charge is -2.20. The van der Waals surface area contributed by atoms with Crippen LogP contribution >= 0.6 is 0 Å². The first-order valence-corrected chi connectivity index (χ1v) is 10.0. The van der Waals surface area contributed by atoms with Gasteiger partial charge in [-0.05, 0) is 36.0 Å². The molecule has 1 atom stereocenters. The Kier molecular flexibility index (Phi) is 7.00. The van der Waals surface area contributed by atoms with Gasteiger partial charge in [0.2, 0.25) is 0 Å². The van der Waals surface area contributed by atoms with E-state index in [9.17, 15) is 13.0 Å². The molecule has 4 heteroatoms. The van der Waals surface area contributed by atoms with Gasteiger partial charge in [0.1, 0.15) is 10.1 Å². The van der Waals surface area contributed by atoms with Crippen molar-refractivity contribution in [3.8, 4) is 0 Å². The third-order valence-corrected chi connectivity index (χ3v) is 5.32. The summed E-state index contributed by atoms with van der Waals surface area (Å²) in [5, 5.41) is 0. The monoisotopic (exact) mass is 345 g/mol. The second-order valence-electron chi connectivity index (χ2n) is 6.22. The molecule has 3 nitrogen and oxygen atoms in total. The molecule has 0 aliphatic heterocycles. The van der Waals surface area contributed by atoms with Crippen LogP contribution in [0.2, 0.25) is 0 Å². The Morgan fingerprint density at radius 3 is 2.25 bits per heavy atom. The van der Waals surface area contributed by atoms with Gasteiger partial charge in [-0.25, -0.2) is 8.42 Å². The average molecular weight is 345 g/mol. The van der Waals surface area contributed by atoms with Gasteiger partial charge in [0, 0.05) is 0 Å². The van der Waals surface area contributed by atoms with E-state index < -0.39 is 10.1 Å². The van der Waals surface area contributed by atoms with Crippen LogP contribution in [0, 0.1) is 0 Å². The molecule has 0 bridgehead atoms. The molecule has 0 amide bonds. The molecule has 130 valence electrons. The van der Waals surface area contributed by atoms with E-state index in [-0.39, 0.29) is 10.8 Å². The highest BCUT2D eigenvalue weighted by molar-refractivity contribution is 7.85. The summed E-state index contributed by atoms with van der Waals surface area (Å²) in [5.74, 6) is 0.228. The number of rotatable bonds is 9. The van der Waals surface area contributed by atoms with E-state index in [1.807, 2.05) is 18.2 Å². The SMILES string of the molecule is CCCCCCC(Cc1ccccc1S(=O)(=O)[O-])c1ccccc1. The summed E-state index contributed by atoms with van der Waals surface area (Å²) in [5.41, 5.74) is 1.82. The lowest BCUT2D eigenvalue weighted by Crippen LogP contribution is -2.09. The van der Waals surface area contributed by atoms with E-state index in [0.29, 0.717) is 12.0 Å². The second kappa shape index (κ2) is 9.00. The van der Waals surface area contributed by atoms with Gasteiger partial charge in [-0.15, -0.1) is 0 Å². The van der Waals surface area contributed by atoms with Crippen LogP contribution in [0.3, 0.4) is 0 Å². The topological polar surface area (TPSA) is 57.2 Å². The van der Waals surface area contributed by atoms with Crippen LogP contribution in [-0.2, 0) is 16.5 Å². The van der Waals surface area contributed by atoms with Gasteiger partial charge < -0.3 is 4.55 Å². The highest BCUT2D eigenvalue weighted by Gasteiger charge is 2.16. The van der Waals surface area contributed by atoms with Gasteiger partial charge >= 0.3 is 0 Å². The summed E-state index contributed by atoms with van der Waals surface area (Å²) in [4.78, 5) is -0.0838. The smallest absolute Gasteiger partial charge is 0.124 e. The number of hydrogen-bond acceptors (Lipinski definition) is 3. The fraction of sp³-hybridized carbons (Fsp3) is 0.400. The fourth-order valence-corrected chi connectivity index (χ4v) is 3.83. The summed E-state index contributed by atoms with van der Waals surface area (Å²) in [7, 11) is -4.44. The van der Waals surface area contributed by atoms with Crippen LogP contribution in [0.15, 0.2) is 59.5 Å². The van der Waals surface area contributed by atoms with Crippen molar-refractivity contribution < 1.29 is 13.0 Å². The zero-order valence-corrected chi connectivity index (χ0v) is 15.0. The molecule has 0 aromatic heterocycles. The molecular weight excluding hydrogens is 320 g/mol. The first-order valence-electron chi connectivity index (χ1n) is 8.61. The predicted molar refractivity (Wildman–Crippen MR) is 96.1 cm³/mol. The van der Waals surface area contributed by atoms with Gasteiger partial charge in [-0.3, -0.25) is 0 Å². The maximum absolute atomic E-state index is 11.5. The molecule has 0 aliphatic rings. The zero-order chi connectivity index (χ0) is 17.4. The van der Waals surface area contributed by atoms with Crippen molar-refractivity contribution in [3.63, 3.8) is 0 Å². The second-order valence-corrected chi connectivity index (χ2v) is 7.57. The van der Waals surface area contributed by atoms with Crippen LogP contribution in [-0.4, -0.2) is 13.0 Å². The largest absolute Gasteiger partial charge is 0.744 e. The average Bonchev–Trinajstić information content (AvgIpc) is 2.58. The summed E-state index contributed by atoms with van der Waals surface area (Å²) in [6, 6.07) is 16.7. The molecule has 0 heterocycles. The van der Waals surface area contributed by atoms with E-state index in [1.165, 1.54) is 30.9 Å². The van der Waals surface area contributed by atoms with Gasteiger partial charge in [0.25, 0.3) is 0 Å². The van der Waals surface area contributed by atoms with Gasteiger partial charge in [-0.1, -0.05) is 81.1 Å². The summed E-state index contributed by atoms with van der Waals surface area (Å²) in [6.45, 7) is 2.18. The highest BCUT2D eigenvalue weighted by Crippen LogP contribution is 2.29. The van der Waals surface area contributed by atoms with Gasteiger partial charge in [-0.2, -0.15) is 0 Å². The first-order chi connectivity index (χ1) is 11.5. The Morgan fingerprint density at radius 2 is 1.58 bits per heavy atom. The van der Waals surface area contributed by atoms with Crippen molar-refractivity contribution in [1.82, 2.24) is 0 Å². The standard InChI is InChI=1S/C20H26O3S/c1-2-3-4-6-13-18(17-11-7-5-8-12-17)16-19-14-9-10-15-20(19)24(21,22)23/h5,7-12,14-15,18H,2-4,6,13,16H2,1H3,(H,21,22,23)/p-1. The Labute approximate surface area is 145 Å². The third-order valence-electron chi connectivity index (χ3n) is 4.39. The normalized spacial score (nSPS) is 12.9. The van der Waals surface area contributed by atoms with E-state index in [0.717, 1.165) is 12.8 Å². The molecule has 0 fully saturated rings. The summed E-state index contributed by atoms with van der Waals surface area (Å²) >= 11 is 0. The predicted octanol–water partition coefficient (Wildman–Crippen LogP) is 4.89. The van der Waals surface area contributed by atoms with E-state index >= 15 is 0 Å². The van der Waals surface area contributed by atoms with Crippen molar-refractivity contribution in [1.29, 1.82) is 0 Å². The van der Waals surface area contributed by atoms with Gasteiger partial charge in [0.05, 0.1) is 4.90 Å². The quantitative estimate of drug-likeness (QED) is 0.480. The molecule has 2 rings (SSSR count). The van der Waals surface area contributed by atoms with E-state index in [2.05, 4.69) is 19.1 Å². The van der Waals surface area contributed by atoms with Crippen molar-refractivity contribution in [2.45, 2.75) is 56.3 Å². The number of benzene rings is 2. The van der Waals surface area contributed by atoms with Crippen LogP contribution in [0.4, 0.5) is 0 Å². The molecule has 0 spiro atoms. The maximum atomic E-state index is 11.5. The van der Waals surface area contributed by atoms with Crippen LogP contribution in [0.1, 0.15) is 56.1 Å². The Bertz CT molecular complexity index is 724. The van der Waals surface area contributed by atoms with E-state index in [1.54, 1.807) is 18.2 Å². The molecule has 2 aromatic rings.